The van der Waals surface area contributed by atoms with E-state index in [1.54, 1.807) is 24.3 Å². The first-order valence-electron chi connectivity index (χ1n) is 6.75. The topological polar surface area (TPSA) is 96.8 Å². The van der Waals surface area contributed by atoms with Gasteiger partial charge in [0.05, 0.1) is 31.0 Å². The van der Waals surface area contributed by atoms with Gasteiger partial charge in [-0.05, 0) is 5.56 Å². The summed E-state index contributed by atoms with van der Waals surface area (Å²) in [6, 6.07) is 8.92. The van der Waals surface area contributed by atoms with E-state index in [1.807, 2.05) is 6.07 Å². The average molecular weight is 312 g/mol. The second-order valence-corrected chi connectivity index (χ2v) is 4.92. The Kier molecular flexibility index (Phi) is 3.53. The molecule has 23 heavy (non-hydrogen) atoms. The van der Waals surface area contributed by atoms with E-state index in [1.165, 1.54) is 0 Å². The van der Waals surface area contributed by atoms with Crippen molar-refractivity contribution in [3.8, 4) is 5.75 Å². The van der Waals surface area contributed by atoms with Crippen molar-refractivity contribution in [1.82, 2.24) is 9.88 Å². The fourth-order valence-corrected chi connectivity index (χ4v) is 2.45. The van der Waals surface area contributed by atoms with Gasteiger partial charge in [0, 0.05) is 0 Å². The summed E-state index contributed by atoms with van der Waals surface area (Å²) < 4.78 is 4.57. The molecule has 0 aliphatic carbocycles. The lowest BCUT2D eigenvalue weighted by atomic mass is 10.1. The van der Waals surface area contributed by atoms with Crippen LogP contribution in [0.5, 0.6) is 5.75 Å². The van der Waals surface area contributed by atoms with Crippen molar-refractivity contribution in [2.45, 2.75) is 6.54 Å². The zero-order chi connectivity index (χ0) is 16.6. The number of aromatic nitrogens is 1. The third kappa shape index (κ3) is 2.32. The number of nitrogens with zero attached hydrogens (tertiary/aromatic N) is 2. The van der Waals surface area contributed by atoms with Crippen LogP contribution in [0.1, 0.15) is 36.8 Å². The molecule has 0 bridgehead atoms. The molecule has 7 nitrogen and oxygen atoms in total. The summed E-state index contributed by atoms with van der Waals surface area (Å²) >= 11 is 0. The van der Waals surface area contributed by atoms with Crippen LogP contribution < -0.4 is 0 Å². The number of pyridine rings is 1. The van der Waals surface area contributed by atoms with Gasteiger partial charge in [-0.15, -0.1) is 0 Å². The van der Waals surface area contributed by atoms with Crippen LogP contribution in [0.4, 0.5) is 0 Å². The predicted octanol–water partition coefficient (Wildman–Crippen LogP) is 1.37. The predicted molar refractivity (Wildman–Crippen MR) is 77.9 cm³/mol. The molecule has 1 aromatic carbocycles. The maximum Gasteiger partial charge on any atom is 0.357 e. The number of carbonyl (C=O) groups is 3. The highest BCUT2D eigenvalue weighted by atomic mass is 16.5. The summed E-state index contributed by atoms with van der Waals surface area (Å²) in [5, 5.41) is 9.87. The summed E-state index contributed by atoms with van der Waals surface area (Å²) in [4.78, 5) is 41.5. The Labute approximate surface area is 131 Å². The molecule has 1 aliphatic heterocycles. The smallest absolute Gasteiger partial charge is 0.357 e. The van der Waals surface area contributed by atoms with Gasteiger partial charge in [-0.1, -0.05) is 30.3 Å². The van der Waals surface area contributed by atoms with Crippen LogP contribution in [-0.2, 0) is 11.3 Å². The number of amides is 2. The van der Waals surface area contributed by atoms with Crippen LogP contribution in [0.2, 0.25) is 0 Å². The first-order valence-corrected chi connectivity index (χ1v) is 6.75. The first-order chi connectivity index (χ1) is 11.0. The van der Waals surface area contributed by atoms with Crippen LogP contribution in [-0.4, -0.2) is 39.9 Å². The Morgan fingerprint density at radius 3 is 2.48 bits per heavy atom. The molecular formula is C16H12N2O5. The Balaban J connectivity index is 2.06. The minimum Gasteiger partial charge on any atom is -0.505 e. The van der Waals surface area contributed by atoms with E-state index >= 15 is 0 Å². The lowest BCUT2D eigenvalue weighted by Gasteiger charge is -2.13. The van der Waals surface area contributed by atoms with Gasteiger partial charge in [0.2, 0.25) is 0 Å². The largest absolute Gasteiger partial charge is 0.505 e. The van der Waals surface area contributed by atoms with E-state index in [9.17, 15) is 19.5 Å². The fraction of sp³-hybridized carbons (Fsp3) is 0.125. The summed E-state index contributed by atoms with van der Waals surface area (Å²) in [5.74, 6) is -2.64. The van der Waals surface area contributed by atoms with Gasteiger partial charge in [0.1, 0.15) is 5.75 Å². The van der Waals surface area contributed by atoms with Crippen LogP contribution >= 0.6 is 0 Å². The van der Waals surface area contributed by atoms with Crippen LogP contribution in [0.3, 0.4) is 0 Å². The molecule has 2 amide bonds. The quantitative estimate of drug-likeness (QED) is 0.679. The van der Waals surface area contributed by atoms with E-state index in [2.05, 4.69) is 9.72 Å². The monoisotopic (exact) mass is 312 g/mol. The number of aromatic hydroxyl groups is 1. The maximum absolute atomic E-state index is 12.6. The molecule has 0 atom stereocenters. The van der Waals surface area contributed by atoms with Gasteiger partial charge in [0.25, 0.3) is 11.8 Å². The van der Waals surface area contributed by atoms with E-state index in [0.717, 1.165) is 23.8 Å². The van der Waals surface area contributed by atoms with Crippen molar-refractivity contribution < 1.29 is 24.2 Å². The fourth-order valence-electron chi connectivity index (χ4n) is 2.45. The molecule has 2 aromatic rings. The lowest BCUT2D eigenvalue weighted by Crippen LogP contribution is -2.29. The third-order valence-electron chi connectivity index (χ3n) is 3.54. The molecule has 0 spiro atoms. The Bertz CT molecular complexity index is 817. The number of hydrogen-bond donors (Lipinski definition) is 1. The number of fused-ring (bicyclic) bond motifs is 1. The molecule has 0 fully saturated rings. The van der Waals surface area contributed by atoms with Gasteiger partial charge >= 0.3 is 5.97 Å². The first kappa shape index (κ1) is 14.7. The van der Waals surface area contributed by atoms with E-state index in [4.69, 9.17) is 0 Å². The van der Waals surface area contributed by atoms with Crippen molar-refractivity contribution in [3.63, 3.8) is 0 Å². The molecule has 0 unspecified atom stereocenters. The molecule has 0 saturated carbocycles. The van der Waals surface area contributed by atoms with Gasteiger partial charge in [-0.25, -0.2) is 9.78 Å². The number of esters is 1. The summed E-state index contributed by atoms with van der Waals surface area (Å²) in [6.07, 6.45) is 0.961. The van der Waals surface area contributed by atoms with Crippen molar-refractivity contribution in [2.75, 3.05) is 7.11 Å². The van der Waals surface area contributed by atoms with Crippen molar-refractivity contribution in [3.05, 3.63) is 58.9 Å². The van der Waals surface area contributed by atoms with Crippen molar-refractivity contribution >= 4 is 17.8 Å². The summed E-state index contributed by atoms with van der Waals surface area (Å²) in [7, 11) is 1.15. The minimum absolute atomic E-state index is 0.0350. The number of rotatable bonds is 3. The van der Waals surface area contributed by atoms with Crippen LogP contribution in [0.25, 0.3) is 0 Å². The molecule has 1 N–H and O–H groups in total. The molecule has 1 aliphatic rings. The number of hydrogen-bond acceptors (Lipinski definition) is 6. The molecule has 7 heteroatoms. The number of benzene rings is 1. The third-order valence-corrected chi connectivity index (χ3v) is 3.54. The lowest BCUT2D eigenvalue weighted by molar-refractivity contribution is 0.0577. The Morgan fingerprint density at radius 2 is 1.83 bits per heavy atom. The standard InChI is InChI=1S/C16H12N2O5/c1-23-16(22)13-12-11(10(19)7-17-13)14(20)18(15(12)21)8-9-5-3-2-4-6-9/h2-7,19H,8H2,1H3. The maximum atomic E-state index is 12.6. The number of imide groups is 1. The minimum atomic E-state index is -0.844. The molecule has 1 aromatic heterocycles. The second-order valence-electron chi connectivity index (χ2n) is 4.92. The Hall–Kier alpha value is -3.22. The highest BCUT2D eigenvalue weighted by Crippen LogP contribution is 2.32. The molecule has 0 radical (unpaired) electrons. The van der Waals surface area contributed by atoms with Gasteiger partial charge in [-0.3, -0.25) is 14.5 Å². The molecular weight excluding hydrogens is 300 g/mol. The van der Waals surface area contributed by atoms with Gasteiger partial charge in [0.15, 0.2) is 5.69 Å². The normalized spacial score (nSPS) is 13.2. The number of methoxy groups -OCH3 is 1. The number of ether oxygens (including phenoxy) is 1. The van der Waals surface area contributed by atoms with Crippen LogP contribution in [0.15, 0.2) is 36.5 Å². The zero-order valence-electron chi connectivity index (χ0n) is 12.1. The zero-order valence-corrected chi connectivity index (χ0v) is 12.1. The summed E-state index contributed by atoms with van der Waals surface area (Å²) in [6.45, 7) is 0.0350. The van der Waals surface area contributed by atoms with E-state index in [-0.39, 0.29) is 23.4 Å². The molecule has 0 saturated heterocycles. The van der Waals surface area contributed by atoms with Crippen molar-refractivity contribution in [1.29, 1.82) is 0 Å². The molecule has 3 rings (SSSR count). The summed E-state index contributed by atoms with van der Waals surface area (Å²) in [5.41, 5.74) is 0.0161. The highest BCUT2D eigenvalue weighted by Gasteiger charge is 2.42. The SMILES string of the molecule is COC(=O)c1ncc(O)c2c1C(=O)N(Cc1ccccc1)C2=O. The van der Waals surface area contributed by atoms with Gasteiger partial charge < -0.3 is 9.84 Å². The molecule has 2 heterocycles. The van der Waals surface area contributed by atoms with E-state index in [0.29, 0.717) is 0 Å². The average Bonchev–Trinajstić information content (AvgIpc) is 2.81. The second kappa shape index (κ2) is 5.53. The van der Waals surface area contributed by atoms with Crippen molar-refractivity contribution in [2.24, 2.45) is 0 Å². The van der Waals surface area contributed by atoms with Crippen LogP contribution in [0, 0.1) is 0 Å². The molecule has 116 valence electrons. The highest BCUT2D eigenvalue weighted by molar-refractivity contribution is 6.25. The van der Waals surface area contributed by atoms with Gasteiger partial charge in [-0.2, -0.15) is 0 Å². The Morgan fingerprint density at radius 1 is 1.17 bits per heavy atom. The van der Waals surface area contributed by atoms with E-state index < -0.39 is 23.5 Å². The number of carbonyl (C=O) groups excluding carboxylic acids is 3.